The van der Waals surface area contributed by atoms with E-state index in [0.717, 1.165) is 18.1 Å². The van der Waals surface area contributed by atoms with Crippen LogP contribution in [0.3, 0.4) is 0 Å². The van der Waals surface area contributed by atoms with E-state index in [9.17, 15) is 0 Å². The predicted molar refractivity (Wildman–Crippen MR) is 62.5 cm³/mol. The molecule has 84 valence electrons. The van der Waals surface area contributed by atoms with Crippen LogP contribution in [-0.4, -0.2) is 16.7 Å². The Morgan fingerprint density at radius 3 is 2.75 bits per heavy atom. The largest absolute Gasteiger partial charge is 0.467 e. The van der Waals surface area contributed by atoms with Crippen molar-refractivity contribution < 1.29 is 4.42 Å². The molecule has 0 saturated carbocycles. The van der Waals surface area contributed by atoms with Crippen LogP contribution in [0, 0.1) is 0 Å². The second-order valence-electron chi connectivity index (χ2n) is 3.31. The maximum absolute atomic E-state index is 5.69. The van der Waals surface area contributed by atoms with Gasteiger partial charge in [-0.2, -0.15) is 0 Å². The van der Waals surface area contributed by atoms with Gasteiger partial charge < -0.3 is 9.32 Å². The maximum Gasteiger partial charge on any atom is 0.151 e. The quantitative estimate of drug-likeness (QED) is 0.820. The minimum atomic E-state index is 0.401. The lowest BCUT2D eigenvalue weighted by Crippen LogP contribution is -2.23. The molecule has 0 aliphatic heterocycles. The van der Waals surface area contributed by atoms with Gasteiger partial charge in [-0.3, -0.25) is 0 Å². The van der Waals surface area contributed by atoms with E-state index < -0.39 is 0 Å². The average Bonchev–Trinajstić information content (AvgIpc) is 2.80. The van der Waals surface area contributed by atoms with Crippen molar-refractivity contribution in [2.24, 2.45) is 0 Å². The predicted octanol–water partition coefficient (Wildman–Crippen LogP) is 2.75. The zero-order chi connectivity index (χ0) is 11.4. The van der Waals surface area contributed by atoms with Crippen LogP contribution in [-0.2, 0) is 6.54 Å². The normalized spacial score (nSPS) is 10.4. The maximum atomic E-state index is 5.69. The van der Waals surface area contributed by atoms with Gasteiger partial charge in [0.1, 0.15) is 5.76 Å². The van der Waals surface area contributed by atoms with Crippen molar-refractivity contribution >= 4 is 17.4 Å². The fraction of sp³-hybridized carbons (Fsp3) is 0.273. The van der Waals surface area contributed by atoms with Gasteiger partial charge in [-0.15, -0.1) is 10.2 Å². The molecule has 0 saturated heterocycles. The van der Waals surface area contributed by atoms with Crippen LogP contribution in [0.25, 0.3) is 0 Å². The summed E-state index contributed by atoms with van der Waals surface area (Å²) >= 11 is 5.69. The van der Waals surface area contributed by atoms with Gasteiger partial charge in [0.05, 0.1) is 12.8 Å². The summed E-state index contributed by atoms with van der Waals surface area (Å²) in [5.41, 5.74) is 0. The molecule has 16 heavy (non-hydrogen) atoms. The lowest BCUT2D eigenvalue weighted by Gasteiger charge is -2.19. The number of halogens is 1. The highest BCUT2D eigenvalue weighted by Crippen LogP contribution is 2.15. The molecule has 2 aromatic heterocycles. The van der Waals surface area contributed by atoms with Gasteiger partial charge in [-0.05, 0) is 31.2 Å². The van der Waals surface area contributed by atoms with Crippen molar-refractivity contribution in [1.82, 2.24) is 10.2 Å². The average molecular weight is 238 g/mol. The number of hydrogen-bond donors (Lipinski definition) is 0. The molecule has 0 bridgehead atoms. The van der Waals surface area contributed by atoms with Crippen molar-refractivity contribution in [3.05, 3.63) is 41.4 Å². The Bertz CT molecular complexity index is 427. The molecule has 2 rings (SSSR count). The molecule has 0 unspecified atom stereocenters. The Morgan fingerprint density at radius 1 is 1.31 bits per heavy atom. The van der Waals surface area contributed by atoms with Crippen LogP contribution in [0.2, 0.25) is 5.15 Å². The van der Waals surface area contributed by atoms with Crippen molar-refractivity contribution in [1.29, 1.82) is 0 Å². The van der Waals surface area contributed by atoms with Crippen molar-refractivity contribution in [3.8, 4) is 0 Å². The molecule has 5 heteroatoms. The molecule has 0 N–H and O–H groups in total. The van der Waals surface area contributed by atoms with Crippen LogP contribution in [0.4, 0.5) is 5.82 Å². The first-order valence-electron chi connectivity index (χ1n) is 5.06. The summed E-state index contributed by atoms with van der Waals surface area (Å²) in [6.45, 7) is 3.57. The molecular formula is C11H12ClN3O. The molecule has 4 nitrogen and oxygen atoms in total. The van der Waals surface area contributed by atoms with Crippen molar-refractivity contribution in [2.75, 3.05) is 11.4 Å². The summed E-state index contributed by atoms with van der Waals surface area (Å²) in [6.07, 6.45) is 1.66. The summed E-state index contributed by atoms with van der Waals surface area (Å²) in [6, 6.07) is 7.39. The van der Waals surface area contributed by atoms with Gasteiger partial charge in [0.2, 0.25) is 0 Å². The third kappa shape index (κ3) is 2.52. The minimum Gasteiger partial charge on any atom is -0.467 e. The number of rotatable bonds is 4. The van der Waals surface area contributed by atoms with Crippen LogP contribution < -0.4 is 4.90 Å². The summed E-state index contributed by atoms with van der Waals surface area (Å²) in [5, 5.41) is 8.25. The van der Waals surface area contributed by atoms with E-state index in [1.807, 2.05) is 18.2 Å². The number of nitrogens with zero attached hydrogens (tertiary/aromatic N) is 3. The number of hydrogen-bond acceptors (Lipinski definition) is 4. The number of furan rings is 1. The van der Waals surface area contributed by atoms with Crippen LogP contribution in [0.5, 0.6) is 0 Å². The zero-order valence-electron chi connectivity index (χ0n) is 8.93. The highest BCUT2D eigenvalue weighted by atomic mass is 35.5. The Labute approximate surface area is 98.8 Å². The second kappa shape index (κ2) is 4.99. The van der Waals surface area contributed by atoms with Crippen LogP contribution in [0.15, 0.2) is 34.9 Å². The Kier molecular flexibility index (Phi) is 3.41. The second-order valence-corrected chi connectivity index (χ2v) is 3.70. The molecule has 0 amide bonds. The van der Waals surface area contributed by atoms with E-state index in [4.69, 9.17) is 16.0 Å². The SMILES string of the molecule is CCN(Cc1ccco1)c1ccc(Cl)nn1. The van der Waals surface area contributed by atoms with Gasteiger partial charge in [0.15, 0.2) is 11.0 Å². The topological polar surface area (TPSA) is 42.2 Å². The third-order valence-corrected chi connectivity index (χ3v) is 2.45. The highest BCUT2D eigenvalue weighted by molar-refractivity contribution is 6.29. The summed E-state index contributed by atoms with van der Waals surface area (Å²) < 4.78 is 5.30. The Morgan fingerprint density at radius 2 is 2.19 bits per heavy atom. The molecule has 0 fully saturated rings. The summed E-state index contributed by atoms with van der Waals surface area (Å²) in [5.74, 6) is 1.70. The fourth-order valence-electron chi connectivity index (χ4n) is 1.42. The third-order valence-electron chi connectivity index (χ3n) is 2.25. The molecular weight excluding hydrogens is 226 g/mol. The van der Waals surface area contributed by atoms with E-state index in [1.165, 1.54) is 0 Å². The first-order chi connectivity index (χ1) is 7.79. The molecule has 0 spiro atoms. The van der Waals surface area contributed by atoms with E-state index in [0.29, 0.717) is 11.7 Å². The molecule has 0 radical (unpaired) electrons. The fourth-order valence-corrected chi connectivity index (χ4v) is 1.52. The molecule has 0 atom stereocenters. The van der Waals surface area contributed by atoms with E-state index in [1.54, 1.807) is 12.3 Å². The van der Waals surface area contributed by atoms with Gasteiger partial charge >= 0.3 is 0 Å². The van der Waals surface area contributed by atoms with Crippen molar-refractivity contribution in [2.45, 2.75) is 13.5 Å². The minimum absolute atomic E-state index is 0.401. The van der Waals surface area contributed by atoms with Gasteiger partial charge in [-0.25, -0.2) is 0 Å². The summed E-state index contributed by atoms with van der Waals surface area (Å²) in [4.78, 5) is 2.06. The standard InChI is InChI=1S/C11H12ClN3O/c1-2-15(8-9-4-3-7-16-9)11-6-5-10(12)13-14-11/h3-7H,2,8H2,1H3. The molecule has 0 aliphatic rings. The van der Waals surface area contributed by atoms with E-state index in [2.05, 4.69) is 22.0 Å². The lowest BCUT2D eigenvalue weighted by atomic mass is 10.4. The number of aromatic nitrogens is 2. The zero-order valence-corrected chi connectivity index (χ0v) is 9.68. The summed E-state index contributed by atoms with van der Waals surface area (Å²) in [7, 11) is 0. The lowest BCUT2D eigenvalue weighted by molar-refractivity contribution is 0.502. The van der Waals surface area contributed by atoms with Gasteiger partial charge in [-0.1, -0.05) is 11.6 Å². The molecule has 0 aromatic carbocycles. The monoisotopic (exact) mass is 237 g/mol. The smallest absolute Gasteiger partial charge is 0.151 e. The van der Waals surface area contributed by atoms with Gasteiger partial charge in [0.25, 0.3) is 0 Å². The highest BCUT2D eigenvalue weighted by Gasteiger charge is 2.08. The van der Waals surface area contributed by atoms with E-state index in [-0.39, 0.29) is 0 Å². The molecule has 2 aromatic rings. The van der Waals surface area contributed by atoms with E-state index >= 15 is 0 Å². The first-order valence-corrected chi connectivity index (χ1v) is 5.44. The first kappa shape index (κ1) is 11.0. The molecule has 0 aliphatic carbocycles. The van der Waals surface area contributed by atoms with Crippen LogP contribution >= 0.6 is 11.6 Å². The van der Waals surface area contributed by atoms with Crippen LogP contribution in [0.1, 0.15) is 12.7 Å². The Hall–Kier alpha value is -1.55. The van der Waals surface area contributed by atoms with Gasteiger partial charge in [0, 0.05) is 6.54 Å². The Balaban J connectivity index is 2.13. The number of anilines is 1. The molecule has 2 heterocycles. The van der Waals surface area contributed by atoms with Crippen molar-refractivity contribution in [3.63, 3.8) is 0 Å².